The van der Waals surface area contributed by atoms with Gasteiger partial charge >= 0.3 is 0 Å². The second kappa shape index (κ2) is 7.68. The highest BCUT2D eigenvalue weighted by molar-refractivity contribution is 7.89. The molecule has 0 aliphatic rings. The third-order valence-electron chi connectivity index (χ3n) is 3.16. The van der Waals surface area contributed by atoms with E-state index in [1.165, 1.54) is 30.5 Å². The monoisotopic (exact) mass is 354 g/mol. The maximum absolute atomic E-state index is 12.0. The minimum atomic E-state index is -3.41. The topological polar surface area (TPSA) is 58.6 Å². The lowest BCUT2D eigenvalue weighted by Crippen LogP contribution is -2.22. The molecule has 1 N–H and O–H groups in total. The van der Waals surface area contributed by atoms with Crippen LogP contribution in [-0.2, 0) is 10.0 Å². The number of benzene rings is 2. The maximum atomic E-state index is 12.0. The van der Waals surface area contributed by atoms with E-state index in [2.05, 4.69) is 5.32 Å². The molecular weight excluding hydrogens is 336 g/mol. The van der Waals surface area contributed by atoms with Crippen molar-refractivity contribution in [1.82, 2.24) is 4.31 Å². The second-order valence-corrected chi connectivity index (χ2v) is 7.57. The summed E-state index contributed by atoms with van der Waals surface area (Å²) >= 11 is 6.04. The van der Waals surface area contributed by atoms with Gasteiger partial charge in [0.1, 0.15) is 12.4 Å². The third-order valence-corrected chi connectivity index (χ3v) is 5.32. The first-order valence-corrected chi connectivity index (χ1v) is 8.87. The number of ether oxygens (including phenoxy) is 1. The molecule has 0 aromatic heterocycles. The van der Waals surface area contributed by atoms with Crippen molar-refractivity contribution >= 4 is 27.3 Å². The third kappa shape index (κ3) is 4.60. The molecule has 0 fully saturated rings. The van der Waals surface area contributed by atoms with Crippen molar-refractivity contribution < 1.29 is 13.2 Å². The Hall–Kier alpha value is -1.76. The van der Waals surface area contributed by atoms with Gasteiger partial charge < -0.3 is 10.1 Å². The molecule has 0 heterocycles. The number of hydrogen-bond acceptors (Lipinski definition) is 4. The van der Waals surface area contributed by atoms with Crippen LogP contribution in [-0.4, -0.2) is 40.0 Å². The quantitative estimate of drug-likeness (QED) is 0.776. The van der Waals surface area contributed by atoms with E-state index >= 15 is 0 Å². The number of anilines is 1. The van der Waals surface area contributed by atoms with Crippen molar-refractivity contribution in [3.8, 4) is 5.75 Å². The highest BCUT2D eigenvalue weighted by atomic mass is 35.5. The van der Waals surface area contributed by atoms with Crippen molar-refractivity contribution in [3.05, 3.63) is 53.6 Å². The number of sulfonamides is 1. The van der Waals surface area contributed by atoms with Crippen LogP contribution in [0.5, 0.6) is 5.75 Å². The molecule has 0 spiro atoms. The Morgan fingerprint density at radius 2 is 1.74 bits per heavy atom. The van der Waals surface area contributed by atoms with Crippen LogP contribution in [0.25, 0.3) is 0 Å². The average Bonchev–Trinajstić information content (AvgIpc) is 2.53. The Labute approximate surface area is 141 Å². The smallest absolute Gasteiger partial charge is 0.242 e. The van der Waals surface area contributed by atoms with Gasteiger partial charge in [0.25, 0.3) is 0 Å². The number of nitrogens with one attached hydrogen (secondary N) is 1. The van der Waals surface area contributed by atoms with Crippen molar-refractivity contribution in [3.63, 3.8) is 0 Å². The van der Waals surface area contributed by atoms with E-state index in [0.717, 1.165) is 5.69 Å². The van der Waals surface area contributed by atoms with Gasteiger partial charge in [-0.1, -0.05) is 23.7 Å². The number of hydrogen-bond donors (Lipinski definition) is 1. The van der Waals surface area contributed by atoms with Crippen molar-refractivity contribution in [2.75, 3.05) is 32.6 Å². The van der Waals surface area contributed by atoms with Crippen LogP contribution in [0.3, 0.4) is 0 Å². The number of para-hydroxylation sites is 1. The van der Waals surface area contributed by atoms with Crippen LogP contribution in [0.4, 0.5) is 5.69 Å². The van der Waals surface area contributed by atoms with Crippen LogP contribution in [0, 0.1) is 0 Å². The Morgan fingerprint density at radius 3 is 2.35 bits per heavy atom. The summed E-state index contributed by atoms with van der Waals surface area (Å²) in [5, 5.41) is 3.83. The summed E-state index contributed by atoms with van der Waals surface area (Å²) in [6.07, 6.45) is 0. The van der Waals surface area contributed by atoms with E-state index < -0.39 is 10.0 Å². The molecule has 0 radical (unpaired) electrons. The van der Waals surface area contributed by atoms with Gasteiger partial charge in [-0.25, -0.2) is 12.7 Å². The van der Waals surface area contributed by atoms with E-state index in [-0.39, 0.29) is 4.90 Å². The van der Waals surface area contributed by atoms with Gasteiger partial charge in [0.2, 0.25) is 10.0 Å². The average molecular weight is 355 g/mol. The predicted molar refractivity (Wildman–Crippen MR) is 92.8 cm³/mol. The molecule has 5 nitrogen and oxygen atoms in total. The van der Waals surface area contributed by atoms with E-state index in [9.17, 15) is 8.42 Å². The lowest BCUT2D eigenvalue weighted by molar-refractivity contribution is 0.332. The van der Waals surface area contributed by atoms with Gasteiger partial charge in [-0.2, -0.15) is 0 Å². The fourth-order valence-corrected chi connectivity index (χ4v) is 2.98. The molecule has 2 aromatic carbocycles. The normalized spacial score (nSPS) is 11.5. The fraction of sp³-hybridized carbons (Fsp3) is 0.250. The van der Waals surface area contributed by atoms with Gasteiger partial charge in [0, 0.05) is 20.6 Å². The van der Waals surface area contributed by atoms with E-state index in [1.807, 2.05) is 24.3 Å². The SMILES string of the molecule is CN(C)S(=O)(=O)c1ccc(OCCNc2ccccc2Cl)cc1. The minimum absolute atomic E-state index is 0.240. The first-order chi connectivity index (χ1) is 10.9. The number of rotatable bonds is 7. The highest BCUT2D eigenvalue weighted by Gasteiger charge is 2.16. The lowest BCUT2D eigenvalue weighted by atomic mass is 10.3. The molecule has 0 amide bonds. The molecule has 0 saturated heterocycles. The zero-order valence-corrected chi connectivity index (χ0v) is 14.6. The predicted octanol–water partition coefficient (Wildman–Crippen LogP) is 3.08. The van der Waals surface area contributed by atoms with Gasteiger partial charge in [-0.15, -0.1) is 0 Å². The van der Waals surface area contributed by atoms with Gasteiger partial charge in [-0.05, 0) is 36.4 Å². The fourth-order valence-electron chi connectivity index (χ4n) is 1.88. The van der Waals surface area contributed by atoms with Crippen molar-refractivity contribution in [2.45, 2.75) is 4.90 Å². The molecule has 0 saturated carbocycles. The van der Waals surface area contributed by atoms with Crippen LogP contribution < -0.4 is 10.1 Å². The summed E-state index contributed by atoms with van der Waals surface area (Å²) < 4.78 is 30.7. The Morgan fingerprint density at radius 1 is 1.09 bits per heavy atom. The summed E-state index contributed by atoms with van der Waals surface area (Å²) in [5.74, 6) is 0.615. The van der Waals surface area contributed by atoms with Crippen LogP contribution in [0.2, 0.25) is 5.02 Å². The molecule has 0 aliphatic heterocycles. The van der Waals surface area contributed by atoms with Crippen LogP contribution in [0.15, 0.2) is 53.4 Å². The molecule has 0 atom stereocenters. The first kappa shape index (κ1) is 17.6. The van der Waals surface area contributed by atoms with Crippen LogP contribution in [0.1, 0.15) is 0 Å². The molecule has 7 heteroatoms. The molecular formula is C16H19ClN2O3S. The Kier molecular flexibility index (Phi) is 5.87. The van der Waals surface area contributed by atoms with Crippen LogP contribution >= 0.6 is 11.6 Å². The van der Waals surface area contributed by atoms with Crippen molar-refractivity contribution in [1.29, 1.82) is 0 Å². The summed E-state index contributed by atoms with van der Waals surface area (Å²) in [6, 6.07) is 13.8. The maximum Gasteiger partial charge on any atom is 0.242 e. The zero-order valence-electron chi connectivity index (χ0n) is 13.0. The molecule has 23 heavy (non-hydrogen) atoms. The molecule has 0 bridgehead atoms. The first-order valence-electron chi connectivity index (χ1n) is 7.05. The van der Waals surface area contributed by atoms with E-state index in [0.29, 0.717) is 23.9 Å². The zero-order chi connectivity index (χ0) is 16.9. The highest BCUT2D eigenvalue weighted by Crippen LogP contribution is 2.20. The standard InChI is InChI=1S/C16H19ClN2O3S/c1-19(2)23(20,21)14-9-7-13(8-10-14)22-12-11-18-16-6-4-3-5-15(16)17/h3-10,18H,11-12H2,1-2H3. The second-order valence-electron chi connectivity index (χ2n) is 5.01. The molecule has 0 aliphatic carbocycles. The summed E-state index contributed by atoms with van der Waals surface area (Å²) in [5.41, 5.74) is 0.852. The Balaban J connectivity index is 1.86. The number of nitrogens with zero attached hydrogens (tertiary/aromatic N) is 1. The van der Waals surface area contributed by atoms with E-state index in [4.69, 9.17) is 16.3 Å². The van der Waals surface area contributed by atoms with Gasteiger partial charge in [0.15, 0.2) is 0 Å². The summed E-state index contributed by atoms with van der Waals surface area (Å²) in [6.45, 7) is 1.02. The molecule has 2 rings (SSSR count). The van der Waals surface area contributed by atoms with Gasteiger partial charge in [-0.3, -0.25) is 0 Å². The molecule has 2 aromatic rings. The molecule has 0 unspecified atom stereocenters. The largest absolute Gasteiger partial charge is 0.492 e. The Bertz CT molecular complexity index is 746. The molecule has 124 valence electrons. The van der Waals surface area contributed by atoms with Gasteiger partial charge in [0.05, 0.1) is 15.6 Å². The van der Waals surface area contributed by atoms with E-state index in [1.54, 1.807) is 12.1 Å². The van der Waals surface area contributed by atoms with Crippen molar-refractivity contribution in [2.24, 2.45) is 0 Å². The lowest BCUT2D eigenvalue weighted by Gasteiger charge is -2.12. The summed E-state index contributed by atoms with van der Waals surface area (Å²) in [4.78, 5) is 0.240. The summed E-state index contributed by atoms with van der Waals surface area (Å²) in [7, 11) is -0.409. The number of halogens is 1. The minimum Gasteiger partial charge on any atom is -0.492 e.